The van der Waals surface area contributed by atoms with Gasteiger partial charge in [0.2, 0.25) is 0 Å². The zero-order valence-corrected chi connectivity index (χ0v) is 17.6. The lowest BCUT2D eigenvalue weighted by Gasteiger charge is -2.04. The summed E-state index contributed by atoms with van der Waals surface area (Å²) in [4.78, 5) is 11.6. The van der Waals surface area contributed by atoms with Gasteiger partial charge in [0.1, 0.15) is 0 Å². The molecule has 0 heterocycles. The first kappa shape index (κ1) is 24.9. The summed E-state index contributed by atoms with van der Waals surface area (Å²) < 4.78 is 5.25. The van der Waals surface area contributed by atoms with E-state index >= 15 is 0 Å². The number of hydrogen-bond acceptors (Lipinski definition) is 2. The van der Waals surface area contributed by atoms with Crippen LogP contribution in [0.3, 0.4) is 0 Å². The van der Waals surface area contributed by atoms with E-state index in [4.69, 9.17) is 4.74 Å². The third-order valence-corrected chi connectivity index (χ3v) is 4.62. The fraction of sp³-hybridized carbons (Fsp3) is 0.792. The largest absolute Gasteiger partial charge is 0.466 e. The summed E-state index contributed by atoms with van der Waals surface area (Å²) in [5, 5.41) is 0. The van der Waals surface area contributed by atoms with E-state index in [1.165, 1.54) is 70.6 Å². The Morgan fingerprint density at radius 1 is 0.654 bits per heavy atom. The molecule has 2 heteroatoms. The van der Waals surface area contributed by atoms with E-state index in [0.717, 1.165) is 25.7 Å². The molecule has 0 aromatic rings. The fourth-order valence-electron chi connectivity index (χ4n) is 2.89. The van der Waals surface area contributed by atoms with Crippen LogP contribution in [0.5, 0.6) is 0 Å². The van der Waals surface area contributed by atoms with Crippen LogP contribution in [0.4, 0.5) is 0 Å². The number of carbonyl (C=O) groups is 1. The quantitative estimate of drug-likeness (QED) is 0.132. The van der Waals surface area contributed by atoms with Crippen LogP contribution < -0.4 is 0 Å². The predicted molar refractivity (Wildman–Crippen MR) is 114 cm³/mol. The van der Waals surface area contributed by atoms with Crippen LogP contribution >= 0.6 is 0 Å². The van der Waals surface area contributed by atoms with Gasteiger partial charge in [0.05, 0.1) is 6.61 Å². The Kier molecular flexibility index (Phi) is 21.1. The highest BCUT2D eigenvalue weighted by Gasteiger charge is 2.01. The zero-order valence-electron chi connectivity index (χ0n) is 17.6. The zero-order chi connectivity index (χ0) is 19.1. The average molecular weight is 365 g/mol. The minimum Gasteiger partial charge on any atom is -0.466 e. The lowest BCUT2D eigenvalue weighted by molar-refractivity contribution is -0.143. The molecule has 0 aliphatic rings. The van der Waals surface area contributed by atoms with Gasteiger partial charge in [-0.25, -0.2) is 0 Å². The number of hydrogen-bond donors (Lipinski definition) is 0. The Labute approximate surface area is 163 Å². The monoisotopic (exact) mass is 364 g/mol. The molecule has 0 rings (SSSR count). The molecule has 0 aliphatic carbocycles. The first-order valence-electron chi connectivity index (χ1n) is 11.3. The van der Waals surface area contributed by atoms with Crippen LogP contribution in [-0.2, 0) is 9.53 Å². The summed E-state index contributed by atoms with van der Waals surface area (Å²) in [6.45, 7) is 5.06. The Bertz CT molecular complexity index is 344. The molecule has 152 valence electrons. The van der Waals surface area contributed by atoms with Gasteiger partial charge < -0.3 is 4.74 Å². The van der Waals surface area contributed by atoms with Crippen LogP contribution in [0, 0.1) is 0 Å². The van der Waals surface area contributed by atoms with E-state index in [2.05, 4.69) is 38.2 Å². The second kappa shape index (κ2) is 22.0. The second-order valence-corrected chi connectivity index (χ2v) is 7.29. The molecule has 0 fully saturated rings. The van der Waals surface area contributed by atoms with Crippen LogP contribution in [0.1, 0.15) is 117 Å². The van der Waals surface area contributed by atoms with E-state index in [0.29, 0.717) is 13.0 Å². The number of rotatable bonds is 19. The summed E-state index contributed by atoms with van der Waals surface area (Å²) in [6.07, 6.45) is 27.8. The first-order chi connectivity index (χ1) is 12.8. The molecular weight excluding hydrogens is 320 g/mol. The van der Waals surface area contributed by atoms with Gasteiger partial charge in [-0.3, -0.25) is 4.79 Å². The van der Waals surface area contributed by atoms with Crippen LogP contribution in [0.2, 0.25) is 0 Å². The van der Waals surface area contributed by atoms with Gasteiger partial charge >= 0.3 is 5.97 Å². The van der Waals surface area contributed by atoms with Crippen molar-refractivity contribution in [3.8, 4) is 0 Å². The predicted octanol–water partition coefficient (Wildman–Crippen LogP) is 7.92. The third-order valence-electron chi connectivity index (χ3n) is 4.62. The molecule has 0 bridgehead atoms. The molecule has 26 heavy (non-hydrogen) atoms. The Hall–Kier alpha value is -1.05. The summed E-state index contributed by atoms with van der Waals surface area (Å²) in [5.41, 5.74) is 0. The highest BCUT2D eigenvalue weighted by atomic mass is 16.5. The van der Waals surface area contributed by atoms with Crippen LogP contribution in [0.25, 0.3) is 0 Å². The number of allylic oxidation sites excluding steroid dienone is 4. The summed E-state index contributed by atoms with van der Waals surface area (Å²) in [5.74, 6) is -0.0128. The average Bonchev–Trinajstić information content (AvgIpc) is 2.64. The molecule has 0 saturated heterocycles. The molecule has 0 unspecified atom stereocenters. The fourth-order valence-corrected chi connectivity index (χ4v) is 2.89. The summed E-state index contributed by atoms with van der Waals surface area (Å²) in [6, 6.07) is 0. The minimum absolute atomic E-state index is 0.0128. The van der Waals surface area contributed by atoms with E-state index < -0.39 is 0 Å². The van der Waals surface area contributed by atoms with Gasteiger partial charge in [0.25, 0.3) is 0 Å². The third kappa shape index (κ3) is 21.0. The van der Waals surface area contributed by atoms with Gasteiger partial charge in [0.15, 0.2) is 0 Å². The molecule has 0 aromatic heterocycles. The maximum Gasteiger partial charge on any atom is 0.305 e. The van der Waals surface area contributed by atoms with Gasteiger partial charge in [-0.2, -0.15) is 0 Å². The van der Waals surface area contributed by atoms with Crippen molar-refractivity contribution in [3.63, 3.8) is 0 Å². The maximum atomic E-state index is 11.6. The van der Waals surface area contributed by atoms with Crippen molar-refractivity contribution in [1.82, 2.24) is 0 Å². The molecule has 0 atom stereocenters. The molecule has 0 N–H and O–H groups in total. The molecular formula is C24H44O2. The molecule has 2 nitrogen and oxygen atoms in total. The Morgan fingerprint density at radius 2 is 1.15 bits per heavy atom. The van der Waals surface area contributed by atoms with Gasteiger partial charge in [-0.1, -0.05) is 95.9 Å². The number of unbranched alkanes of at least 4 members (excludes halogenated alkanes) is 12. The smallest absolute Gasteiger partial charge is 0.305 e. The van der Waals surface area contributed by atoms with Crippen molar-refractivity contribution < 1.29 is 9.53 Å². The second-order valence-electron chi connectivity index (χ2n) is 7.29. The summed E-state index contributed by atoms with van der Waals surface area (Å²) >= 11 is 0. The van der Waals surface area contributed by atoms with Crippen molar-refractivity contribution >= 4 is 5.97 Å². The highest BCUT2D eigenvalue weighted by molar-refractivity contribution is 5.69. The highest BCUT2D eigenvalue weighted by Crippen LogP contribution is 2.08. The van der Waals surface area contributed by atoms with Crippen LogP contribution in [0.15, 0.2) is 24.3 Å². The van der Waals surface area contributed by atoms with Crippen molar-refractivity contribution in [1.29, 1.82) is 0 Å². The normalized spacial score (nSPS) is 11.6. The van der Waals surface area contributed by atoms with E-state index in [1.54, 1.807) is 0 Å². The summed E-state index contributed by atoms with van der Waals surface area (Å²) in [7, 11) is 0. The molecule has 0 aromatic carbocycles. The topological polar surface area (TPSA) is 26.3 Å². The number of carbonyl (C=O) groups excluding carboxylic acids is 1. The van der Waals surface area contributed by atoms with Crippen molar-refractivity contribution in [2.45, 2.75) is 117 Å². The molecule has 0 aliphatic heterocycles. The molecule has 0 saturated carbocycles. The molecule has 0 amide bonds. The van der Waals surface area contributed by atoms with Gasteiger partial charge in [-0.15, -0.1) is 0 Å². The van der Waals surface area contributed by atoms with Gasteiger partial charge in [-0.05, 0) is 38.5 Å². The standard InChI is InChI=1S/C24H44O2/c1-3-5-7-9-10-11-12-13-14-15-16-17-18-19-20-22-24(25)26-23-21-8-6-4-2/h12-15H,3-11,16-23H2,1-2H3/b13-12+,15-14+. The van der Waals surface area contributed by atoms with Crippen molar-refractivity contribution in [2.24, 2.45) is 0 Å². The van der Waals surface area contributed by atoms with E-state index in [-0.39, 0.29) is 5.97 Å². The minimum atomic E-state index is -0.0128. The Balaban J connectivity index is 3.28. The maximum absolute atomic E-state index is 11.6. The Morgan fingerprint density at radius 3 is 1.73 bits per heavy atom. The van der Waals surface area contributed by atoms with Crippen molar-refractivity contribution in [2.75, 3.05) is 6.61 Å². The van der Waals surface area contributed by atoms with Crippen molar-refractivity contribution in [3.05, 3.63) is 24.3 Å². The molecule has 0 spiro atoms. The van der Waals surface area contributed by atoms with E-state index in [9.17, 15) is 4.79 Å². The first-order valence-corrected chi connectivity index (χ1v) is 11.3. The van der Waals surface area contributed by atoms with Gasteiger partial charge in [0, 0.05) is 6.42 Å². The molecule has 0 radical (unpaired) electrons. The van der Waals surface area contributed by atoms with Crippen LogP contribution in [-0.4, -0.2) is 12.6 Å². The van der Waals surface area contributed by atoms with E-state index in [1.807, 2.05) is 0 Å². The number of ether oxygens (including phenoxy) is 1. The SMILES string of the molecule is CCCCCCC/C=C/C=C/CCCCCCC(=O)OCCCCCC. The lowest BCUT2D eigenvalue weighted by Crippen LogP contribution is -2.05. The lowest BCUT2D eigenvalue weighted by atomic mass is 10.1. The number of esters is 1.